The Balaban J connectivity index is 1.96. The lowest BCUT2D eigenvalue weighted by molar-refractivity contribution is -0.121. The van der Waals surface area contributed by atoms with Gasteiger partial charge < -0.3 is 9.73 Å². The van der Waals surface area contributed by atoms with Crippen LogP contribution in [0.5, 0.6) is 0 Å². The third-order valence-electron chi connectivity index (χ3n) is 3.58. The van der Waals surface area contributed by atoms with Crippen molar-refractivity contribution >= 4 is 15.9 Å². The molecule has 0 bridgehead atoms. The van der Waals surface area contributed by atoms with Crippen molar-refractivity contribution in [3.63, 3.8) is 0 Å². The second-order valence-electron chi connectivity index (χ2n) is 5.51. The molecule has 2 rings (SSSR count). The fourth-order valence-corrected chi connectivity index (χ4v) is 3.37. The molecule has 1 heterocycles. The number of hydrogen-bond acceptors (Lipinski definition) is 4. The van der Waals surface area contributed by atoms with Gasteiger partial charge in [-0.25, -0.2) is 8.42 Å². The van der Waals surface area contributed by atoms with Gasteiger partial charge >= 0.3 is 0 Å². The minimum absolute atomic E-state index is 0.184. The van der Waals surface area contributed by atoms with E-state index < -0.39 is 10.0 Å². The average molecular weight is 350 g/mol. The number of sulfonamides is 1. The summed E-state index contributed by atoms with van der Waals surface area (Å²) in [6.07, 6.45) is 3.42. The monoisotopic (exact) mass is 350 g/mol. The molecule has 0 radical (unpaired) electrons. The summed E-state index contributed by atoms with van der Waals surface area (Å²) in [5, 5.41) is 2.63. The zero-order valence-corrected chi connectivity index (χ0v) is 14.7. The molecule has 1 N–H and O–H groups in total. The molecule has 0 fully saturated rings. The van der Waals surface area contributed by atoms with Crippen LogP contribution in [0.3, 0.4) is 0 Å². The van der Waals surface area contributed by atoms with E-state index >= 15 is 0 Å². The molecule has 1 aromatic heterocycles. The molecule has 1 aromatic carbocycles. The summed E-state index contributed by atoms with van der Waals surface area (Å²) in [5.74, 6) is 0.223. The molecule has 0 saturated heterocycles. The van der Waals surface area contributed by atoms with Gasteiger partial charge in [0.15, 0.2) is 0 Å². The number of amides is 1. The first-order chi connectivity index (χ1) is 11.4. The van der Waals surface area contributed by atoms with Crippen LogP contribution >= 0.6 is 0 Å². The molecule has 24 heavy (non-hydrogen) atoms. The van der Waals surface area contributed by atoms with Gasteiger partial charge in [-0.15, -0.1) is 0 Å². The number of aryl methyl sites for hydroxylation is 1. The van der Waals surface area contributed by atoms with E-state index in [-0.39, 0.29) is 23.9 Å². The molecule has 0 spiro atoms. The number of carbonyl (C=O) groups excluding carboxylic acids is 1. The first-order valence-electron chi connectivity index (χ1n) is 7.78. The topological polar surface area (TPSA) is 79.6 Å². The number of benzene rings is 1. The fraction of sp³-hybridized carbons (Fsp3) is 0.353. The number of carbonyl (C=O) groups is 1. The van der Waals surface area contributed by atoms with Gasteiger partial charge in [-0.1, -0.05) is 25.5 Å². The van der Waals surface area contributed by atoms with Crippen LogP contribution in [0.1, 0.15) is 24.7 Å². The van der Waals surface area contributed by atoms with E-state index in [1.165, 1.54) is 13.3 Å². The zero-order valence-electron chi connectivity index (χ0n) is 13.9. The lowest BCUT2D eigenvalue weighted by Gasteiger charge is -2.17. The predicted molar refractivity (Wildman–Crippen MR) is 90.8 cm³/mol. The number of nitrogens with one attached hydrogen (secondary N) is 1. The van der Waals surface area contributed by atoms with Crippen molar-refractivity contribution in [2.24, 2.45) is 0 Å². The second kappa shape index (κ2) is 8.12. The van der Waals surface area contributed by atoms with Crippen molar-refractivity contribution in [1.82, 2.24) is 9.62 Å². The molecular weight excluding hydrogens is 328 g/mol. The minimum Gasteiger partial charge on any atom is -0.467 e. The molecule has 0 unspecified atom stereocenters. The number of rotatable bonds is 8. The Morgan fingerprint density at radius 2 is 1.92 bits per heavy atom. The van der Waals surface area contributed by atoms with Gasteiger partial charge in [0, 0.05) is 7.05 Å². The molecule has 0 aliphatic heterocycles. The summed E-state index contributed by atoms with van der Waals surface area (Å²) in [6.45, 7) is 2.05. The average Bonchev–Trinajstić information content (AvgIpc) is 3.07. The maximum absolute atomic E-state index is 12.5. The molecule has 130 valence electrons. The van der Waals surface area contributed by atoms with Crippen molar-refractivity contribution in [3.05, 3.63) is 54.0 Å². The fourth-order valence-electron chi connectivity index (χ4n) is 2.24. The van der Waals surface area contributed by atoms with Crippen molar-refractivity contribution in [1.29, 1.82) is 0 Å². The van der Waals surface area contributed by atoms with Crippen molar-refractivity contribution in [3.8, 4) is 0 Å². The van der Waals surface area contributed by atoms with Crippen LogP contribution in [-0.2, 0) is 27.8 Å². The molecule has 0 aliphatic rings. The number of furan rings is 1. The Labute approximate surface area is 142 Å². The molecular formula is C17H22N2O4S. The highest BCUT2D eigenvalue weighted by molar-refractivity contribution is 7.89. The largest absolute Gasteiger partial charge is 0.467 e. The lowest BCUT2D eigenvalue weighted by Crippen LogP contribution is -2.38. The van der Waals surface area contributed by atoms with Crippen molar-refractivity contribution < 1.29 is 17.6 Å². The van der Waals surface area contributed by atoms with Crippen LogP contribution in [0.25, 0.3) is 0 Å². The summed E-state index contributed by atoms with van der Waals surface area (Å²) in [6, 6.07) is 10.2. The maximum Gasteiger partial charge on any atom is 0.243 e. The van der Waals surface area contributed by atoms with Crippen molar-refractivity contribution in [2.45, 2.75) is 31.2 Å². The smallest absolute Gasteiger partial charge is 0.243 e. The Hall–Kier alpha value is -2.12. The summed E-state index contributed by atoms with van der Waals surface area (Å²) in [7, 11) is -2.30. The molecule has 7 heteroatoms. The highest BCUT2D eigenvalue weighted by atomic mass is 32.2. The van der Waals surface area contributed by atoms with Crippen LogP contribution in [0.2, 0.25) is 0 Å². The highest BCUT2D eigenvalue weighted by Gasteiger charge is 2.22. The van der Waals surface area contributed by atoms with Gasteiger partial charge in [0.2, 0.25) is 15.9 Å². The second-order valence-corrected chi connectivity index (χ2v) is 7.56. The van der Waals surface area contributed by atoms with Crippen molar-refractivity contribution in [2.75, 3.05) is 13.6 Å². The molecule has 6 nitrogen and oxygen atoms in total. The van der Waals surface area contributed by atoms with Gasteiger partial charge in [-0.3, -0.25) is 4.79 Å². The normalized spacial score (nSPS) is 11.6. The number of hydrogen-bond donors (Lipinski definition) is 1. The van der Waals surface area contributed by atoms with Gasteiger partial charge in [-0.05, 0) is 36.2 Å². The van der Waals surface area contributed by atoms with E-state index in [1.54, 1.807) is 36.4 Å². The van der Waals surface area contributed by atoms with Gasteiger partial charge in [0.1, 0.15) is 5.76 Å². The summed E-state index contributed by atoms with van der Waals surface area (Å²) in [5.41, 5.74) is 1.09. The van der Waals surface area contributed by atoms with Crippen LogP contribution in [0.15, 0.2) is 52.0 Å². The predicted octanol–water partition coefficient (Wildman–Crippen LogP) is 2.17. The van der Waals surface area contributed by atoms with Gasteiger partial charge in [-0.2, -0.15) is 4.31 Å². The molecule has 2 aromatic rings. The summed E-state index contributed by atoms with van der Waals surface area (Å²) >= 11 is 0. The van der Waals surface area contributed by atoms with E-state index in [2.05, 4.69) is 12.2 Å². The molecule has 0 aliphatic carbocycles. The molecule has 0 atom stereocenters. The maximum atomic E-state index is 12.5. The Bertz CT molecular complexity index is 752. The van der Waals surface area contributed by atoms with Gasteiger partial charge in [0.05, 0.1) is 24.2 Å². The van der Waals surface area contributed by atoms with Gasteiger partial charge in [0.25, 0.3) is 0 Å². The van der Waals surface area contributed by atoms with E-state index in [1.807, 2.05) is 0 Å². The summed E-state index contributed by atoms with van der Waals surface area (Å²) in [4.78, 5) is 12.1. The van der Waals surface area contributed by atoms with Crippen LogP contribution < -0.4 is 5.32 Å². The molecule has 0 saturated carbocycles. The third-order valence-corrected chi connectivity index (χ3v) is 5.39. The third kappa shape index (κ3) is 4.69. The molecule has 1 amide bonds. The Kier molecular flexibility index (Phi) is 6.16. The van der Waals surface area contributed by atoms with Crippen LogP contribution in [0.4, 0.5) is 0 Å². The Morgan fingerprint density at radius 1 is 1.21 bits per heavy atom. The minimum atomic E-state index is -3.69. The van der Waals surface area contributed by atoms with E-state index in [4.69, 9.17) is 4.42 Å². The first kappa shape index (κ1) is 18.2. The van der Waals surface area contributed by atoms with Crippen LogP contribution in [-0.4, -0.2) is 32.2 Å². The van der Waals surface area contributed by atoms with E-state index in [9.17, 15) is 13.2 Å². The first-order valence-corrected chi connectivity index (χ1v) is 9.22. The number of likely N-dealkylation sites (N-methyl/N-ethyl adjacent to an activating group) is 1. The Morgan fingerprint density at radius 3 is 2.50 bits per heavy atom. The number of nitrogens with zero attached hydrogens (tertiary/aromatic N) is 1. The highest BCUT2D eigenvalue weighted by Crippen LogP contribution is 2.15. The lowest BCUT2D eigenvalue weighted by atomic mass is 10.1. The summed E-state index contributed by atoms with van der Waals surface area (Å²) < 4.78 is 31.1. The zero-order chi connectivity index (χ0) is 17.6. The van der Waals surface area contributed by atoms with E-state index in [0.717, 1.165) is 22.7 Å². The van der Waals surface area contributed by atoms with Crippen LogP contribution in [0, 0.1) is 0 Å². The SMILES string of the molecule is CCCc1ccc(S(=O)(=O)N(C)CC(=O)NCc2ccco2)cc1. The standard InChI is InChI=1S/C17H22N2O4S/c1-3-5-14-7-9-16(10-8-14)24(21,22)19(2)13-17(20)18-12-15-6-4-11-23-15/h4,6-11H,3,5,12-13H2,1-2H3,(H,18,20). The van der Waals surface area contributed by atoms with E-state index in [0.29, 0.717) is 5.76 Å². The quantitative estimate of drug-likeness (QED) is 0.791.